The number of ether oxygens (including phenoxy) is 1. The summed E-state index contributed by atoms with van der Waals surface area (Å²) in [7, 11) is 0. The fourth-order valence-corrected chi connectivity index (χ4v) is 1.55. The average molecular weight is 211 g/mol. The van der Waals surface area contributed by atoms with Crippen LogP contribution in [-0.2, 0) is 0 Å². The largest absolute Gasteiger partial charge is 0.488 e. The van der Waals surface area contributed by atoms with Crippen molar-refractivity contribution in [3.63, 3.8) is 0 Å². The molecule has 0 aromatic heterocycles. The van der Waals surface area contributed by atoms with Gasteiger partial charge >= 0.3 is 0 Å². The molecule has 0 saturated carbocycles. The fourth-order valence-electron chi connectivity index (χ4n) is 1.55. The maximum Gasteiger partial charge on any atom is 0.149 e. The molecule has 3 heteroatoms. The number of para-hydroxylation sites is 1. The first-order valence-corrected chi connectivity index (χ1v) is 5.21. The summed E-state index contributed by atoms with van der Waals surface area (Å²) >= 11 is 0. The van der Waals surface area contributed by atoms with Gasteiger partial charge in [-0.3, -0.25) is 0 Å². The maximum absolute atomic E-state index is 13.1. The number of benzene rings is 1. The summed E-state index contributed by atoms with van der Waals surface area (Å²) in [5.74, 6) is 0.558. The lowest BCUT2D eigenvalue weighted by molar-refractivity contribution is 0.194. The van der Waals surface area contributed by atoms with Crippen LogP contribution >= 0.6 is 0 Å². The third kappa shape index (κ3) is 3.42. The molecular weight excluding hydrogens is 193 g/mol. The summed E-state index contributed by atoms with van der Waals surface area (Å²) in [4.78, 5) is 0. The lowest BCUT2D eigenvalue weighted by atomic mass is 10.1. The molecule has 0 heterocycles. The number of hydrogen-bond acceptors (Lipinski definition) is 2. The number of hydrogen-bond donors (Lipinski definition) is 1. The molecule has 2 N–H and O–H groups in total. The van der Waals surface area contributed by atoms with E-state index in [4.69, 9.17) is 10.5 Å². The van der Waals surface area contributed by atoms with E-state index in [1.807, 2.05) is 6.92 Å². The smallest absolute Gasteiger partial charge is 0.149 e. The Morgan fingerprint density at radius 1 is 1.33 bits per heavy atom. The highest BCUT2D eigenvalue weighted by molar-refractivity contribution is 5.53. The van der Waals surface area contributed by atoms with Crippen LogP contribution in [0.4, 0.5) is 10.1 Å². The quantitative estimate of drug-likeness (QED) is 0.776. The van der Waals surface area contributed by atoms with E-state index in [1.54, 1.807) is 12.1 Å². The van der Waals surface area contributed by atoms with E-state index in [-0.39, 0.29) is 11.8 Å². The molecule has 2 nitrogen and oxygen atoms in total. The topological polar surface area (TPSA) is 35.2 Å². The molecule has 0 bridgehead atoms. The van der Waals surface area contributed by atoms with Gasteiger partial charge in [-0.15, -0.1) is 0 Å². The minimum atomic E-state index is -0.427. The molecule has 84 valence electrons. The molecule has 0 fully saturated rings. The third-order valence-corrected chi connectivity index (χ3v) is 2.14. The number of halogens is 1. The van der Waals surface area contributed by atoms with Crippen molar-refractivity contribution in [2.24, 2.45) is 5.92 Å². The zero-order valence-corrected chi connectivity index (χ0v) is 9.46. The second kappa shape index (κ2) is 5.01. The highest BCUT2D eigenvalue weighted by Gasteiger charge is 2.10. The number of anilines is 1. The van der Waals surface area contributed by atoms with Crippen LogP contribution in [0.3, 0.4) is 0 Å². The van der Waals surface area contributed by atoms with Crippen LogP contribution in [0.5, 0.6) is 5.75 Å². The van der Waals surface area contributed by atoms with Crippen molar-refractivity contribution in [2.75, 3.05) is 5.73 Å². The Kier molecular flexibility index (Phi) is 3.95. The summed E-state index contributed by atoms with van der Waals surface area (Å²) in [5.41, 5.74) is 5.65. The Morgan fingerprint density at radius 2 is 2.00 bits per heavy atom. The van der Waals surface area contributed by atoms with Crippen molar-refractivity contribution in [2.45, 2.75) is 33.3 Å². The van der Waals surface area contributed by atoms with E-state index in [9.17, 15) is 4.39 Å². The van der Waals surface area contributed by atoms with Crippen LogP contribution in [-0.4, -0.2) is 6.10 Å². The van der Waals surface area contributed by atoms with Crippen molar-refractivity contribution in [1.82, 2.24) is 0 Å². The van der Waals surface area contributed by atoms with E-state index in [0.717, 1.165) is 6.42 Å². The molecule has 0 aliphatic rings. The molecule has 1 aromatic rings. The van der Waals surface area contributed by atoms with Gasteiger partial charge in [0.15, 0.2) is 0 Å². The SMILES string of the molecule is CC(C)CC(C)Oc1cccc(F)c1N. The number of nitrogen functional groups attached to an aromatic ring is 1. The van der Waals surface area contributed by atoms with Crippen LogP contribution in [0.25, 0.3) is 0 Å². The van der Waals surface area contributed by atoms with Gasteiger partial charge in [0.25, 0.3) is 0 Å². The number of rotatable bonds is 4. The van der Waals surface area contributed by atoms with Gasteiger partial charge in [-0.1, -0.05) is 19.9 Å². The van der Waals surface area contributed by atoms with Gasteiger partial charge in [0, 0.05) is 0 Å². The molecule has 0 spiro atoms. The van der Waals surface area contributed by atoms with Crippen molar-refractivity contribution in [1.29, 1.82) is 0 Å². The molecule has 0 radical (unpaired) electrons. The standard InChI is InChI=1S/C12H18FNO/c1-8(2)7-9(3)15-11-6-4-5-10(13)12(11)14/h4-6,8-9H,7,14H2,1-3H3. The predicted molar refractivity (Wildman–Crippen MR) is 60.4 cm³/mol. The molecule has 1 rings (SSSR count). The van der Waals surface area contributed by atoms with E-state index in [2.05, 4.69) is 13.8 Å². The average Bonchev–Trinajstić information content (AvgIpc) is 2.11. The molecule has 1 aromatic carbocycles. The van der Waals surface area contributed by atoms with Crippen LogP contribution in [0, 0.1) is 11.7 Å². The lowest BCUT2D eigenvalue weighted by Gasteiger charge is -2.17. The first-order chi connectivity index (χ1) is 7.00. The minimum Gasteiger partial charge on any atom is -0.488 e. The van der Waals surface area contributed by atoms with Gasteiger partial charge in [0.05, 0.1) is 6.10 Å². The van der Waals surface area contributed by atoms with E-state index < -0.39 is 5.82 Å². The van der Waals surface area contributed by atoms with Gasteiger partial charge in [-0.05, 0) is 31.4 Å². The molecule has 0 aliphatic heterocycles. The molecule has 1 unspecified atom stereocenters. The van der Waals surface area contributed by atoms with Gasteiger partial charge < -0.3 is 10.5 Å². The Labute approximate surface area is 90.2 Å². The summed E-state index contributed by atoms with van der Waals surface area (Å²) in [6.07, 6.45) is 0.977. The molecule has 0 saturated heterocycles. The summed E-state index contributed by atoms with van der Waals surface area (Å²) in [6, 6.07) is 4.62. The second-order valence-corrected chi connectivity index (χ2v) is 4.21. The molecule has 0 aliphatic carbocycles. The van der Waals surface area contributed by atoms with Crippen molar-refractivity contribution < 1.29 is 9.13 Å². The lowest BCUT2D eigenvalue weighted by Crippen LogP contribution is -2.15. The maximum atomic E-state index is 13.1. The summed E-state index contributed by atoms with van der Waals surface area (Å²) in [5, 5.41) is 0. The molecule has 1 atom stereocenters. The fraction of sp³-hybridized carbons (Fsp3) is 0.500. The zero-order valence-electron chi connectivity index (χ0n) is 9.46. The van der Waals surface area contributed by atoms with Crippen molar-refractivity contribution in [3.05, 3.63) is 24.0 Å². The van der Waals surface area contributed by atoms with Crippen LogP contribution in [0.1, 0.15) is 27.2 Å². The first kappa shape index (κ1) is 11.8. The van der Waals surface area contributed by atoms with Crippen LogP contribution in [0.2, 0.25) is 0 Å². The highest BCUT2D eigenvalue weighted by Crippen LogP contribution is 2.25. The molecular formula is C12H18FNO. The Balaban J connectivity index is 2.68. The summed E-state index contributed by atoms with van der Waals surface area (Å²) in [6.45, 7) is 6.20. The van der Waals surface area contributed by atoms with Gasteiger partial charge in [-0.25, -0.2) is 4.39 Å². The van der Waals surface area contributed by atoms with Crippen molar-refractivity contribution >= 4 is 5.69 Å². The number of nitrogens with two attached hydrogens (primary N) is 1. The first-order valence-electron chi connectivity index (χ1n) is 5.21. The third-order valence-electron chi connectivity index (χ3n) is 2.14. The Hall–Kier alpha value is -1.25. The minimum absolute atomic E-state index is 0.0501. The zero-order chi connectivity index (χ0) is 11.4. The molecule has 0 amide bonds. The second-order valence-electron chi connectivity index (χ2n) is 4.21. The van der Waals surface area contributed by atoms with Gasteiger partial charge in [-0.2, -0.15) is 0 Å². The Bertz CT molecular complexity index is 325. The normalized spacial score (nSPS) is 12.9. The van der Waals surface area contributed by atoms with E-state index in [1.165, 1.54) is 6.07 Å². The van der Waals surface area contributed by atoms with Crippen LogP contribution in [0.15, 0.2) is 18.2 Å². The monoisotopic (exact) mass is 211 g/mol. The molecule has 15 heavy (non-hydrogen) atoms. The van der Waals surface area contributed by atoms with Gasteiger partial charge in [0.2, 0.25) is 0 Å². The van der Waals surface area contributed by atoms with Gasteiger partial charge in [0.1, 0.15) is 17.3 Å². The van der Waals surface area contributed by atoms with E-state index >= 15 is 0 Å². The predicted octanol–water partition coefficient (Wildman–Crippen LogP) is 3.22. The van der Waals surface area contributed by atoms with Crippen LogP contribution < -0.4 is 10.5 Å². The highest BCUT2D eigenvalue weighted by atomic mass is 19.1. The van der Waals surface area contributed by atoms with E-state index in [0.29, 0.717) is 11.7 Å². The van der Waals surface area contributed by atoms with Crippen molar-refractivity contribution in [3.8, 4) is 5.75 Å². The summed E-state index contributed by atoms with van der Waals surface area (Å²) < 4.78 is 18.7. The Morgan fingerprint density at radius 3 is 2.60 bits per heavy atom.